The minimum atomic E-state index is -0.430. The molecule has 8 nitrogen and oxygen atoms in total. The molecule has 0 bridgehead atoms. The molecular formula is C29H28ClN5O3. The van der Waals surface area contributed by atoms with Crippen molar-refractivity contribution in [1.82, 2.24) is 19.6 Å². The van der Waals surface area contributed by atoms with Crippen molar-refractivity contribution in [3.63, 3.8) is 0 Å². The zero-order valence-electron chi connectivity index (χ0n) is 21.2. The number of hydrogen-bond acceptors (Lipinski definition) is 6. The average Bonchev–Trinajstić information content (AvgIpc) is 2.92. The highest BCUT2D eigenvalue weighted by Crippen LogP contribution is 2.30. The van der Waals surface area contributed by atoms with Gasteiger partial charge in [0.25, 0.3) is 11.5 Å². The van der Waals surface area contributed by atoms with Crippen molar-refractivity contribution in [3.8, 4) is 17.2 Å². The molecule has 5 rings (SSSR count). The molecule has 1 aliphatic rings. The summed E-state index contributed by atoms with van der Waals surface area (Å²) in [5.74, 6) is 0.845. The Morgan fingerprint density at radius 2 is 1.71 bits per heavy atom. The van der Waals surface area contributed by atoms with E-state index in [0.29, 0.717) is 40.8 Å². The van der Waals surface area contributed by atoms with E-state index in [9.17, 15) is 9.59 Å². The van der Waals surface area contributed by atoms with Crippen molar-refractivity contribution in [3.05, 3.63) is 105 Å². The number of benzene rings is 3. The number of aromatic nitrogens is 2. The Labute approximate surface area is 226 Å². The molecule has 0 atom stereocenters. The fourth-order valence-corrected chi connectivity index (χ4v) is 4.48. The Balaban J connectivity index is 1.47. The van der Waals surface area contributed by atoms with E-state index in [1.807, 2.05) is 36.1 Å². The van der Waals surface area contributed by atoms with Crippen molar-refractivity contribution in [2.24, 2.45) is 0 Å². The van der Waals surface area contributed by atoms with Gasteiger partial charge in [-0.05, 0) is 68.1 Å². The van der Waals surface area contributed by atoms with E-state index < -0.39 is 5.56 Å². The lowest BCUT2D eigenvalue weighted by Gasteiger charge is -2.32. The molecule has 0 aliphatic carbocycles. The number of rotatable bonds is 6. The molecule has 1 fully saturated rings. The van der Waals surface area contributed by atoms with Gasteiger partial charge < -0.3 is 19.9 Å². The van der Waals surface area contributed by atoms with Crippen molar-refractivity contribution < 1.29 is 9.53 Å². The van der Waals surface area contributed by atoms with Crippen LogP contribution in [0.4, 0.5) is 11.4 Å². The summed E-state index contributed by atoms with van der Waals surface area (Å²) in [6.45, 7) is 5.08. The zero-order valence-corrected chi connectivity index (χ0v) is 22.0. The highest BCUT2D eigenvalue weighted by Gasteiger charge is 2.21. The molecule has 2 heterocycles. The smallest absolute Gasteiger partial charge is 0.299 e. The van der Waals surface area contributed by atoms with E-state index in [2.05, 4.69) is 22.4 Å². The van der Waals surface area contributed by atoms with Gasteiger partial charge in [0.15, 0.2) is 11.4 Å². The molecule has 1 N–H and O–H groups in total. The van der Waals surface area contributed by atoms with Gasteiger partial charge in [-0.3, -0.25) is 9.59 Å². The van der Waals surface area contributed by atoms with Crippen LogP contribution in [0.15, 0.2) is 83.8 Å². The van der Waals surface area contributed by atoms with Crippen LogP contribution in [0.25, 0.3) is 5.69 Å². The van der Waals surface area contributed by atoms with Crippen molar-refractivity contribution >= 4 is 28.9 Å². The molecule has 194 valence electrons. The number of nitrogens with zero attached hydrogens (tertiary/aromatic N) is 4. The Hall–Kier alpha value is -4.14. The lowest BCUT2D eigenvalue weighted by Crippen LogP contribution is -2.47. The fourth-order valence-electron chi connectivity index (χ4n) is 4.26. The highest BCUT2D eigenvalue weighted by atomic mass is 35.5. The highest BCUT2D eigenvalue weighted by molar-refractivity contribution is 6.32. The summed E-state index contributed by atoms with van der Waals surface area (Å²) in [6, 6.07) is 21.6. The summed E-state index contributed by atoms with van der Waals surface area (Å²) >= 11 is 6.36. The van der Waals surface area contributed by atoms with Crippen molar-refractivity contribution in [2.45, 2.75) is 6.92 Å². The number of hydrogen-bond donors (Lipinski definition) is 1. The molecule has 1 amide bonds. The first kappa shape index (κ1) is 25.5. The Morgan fingerprint density at radius 3 is 2.42 bits per heavy atom. The molecule has 0 saturated carbocycles. The van der Waals surface area contributed by atoms with Gasteiger partial charge in [-0.2, -0.15) is 9.78 Å². The van der Waals surface area contributed by atoms with Gasteiger partial charge in [0.1, 0.15) is 5.75 Å². The second-order valence-corrected chi connectivity index (χ2v) is 9.68. The second-order valence-electron chi connectivity index (χ2n) is 9.27. The van der Waals surface area contributed by atoms with Gasteiger partial charge in [0, 0.05) is 37.4 Å². The molecule has 1 aromatic heterocycles. The molecular weight excluding hydrogens is 502 g/mol. The van der Waals surface area contributed by atoms with Gasteiger partial charge in [0.05, 0.1) is 16.9 Å². The first-order valence-electron chi connectivity index (χ1n) is 12.4. The number of carbonyl (C=O) groups excluding carboxylic acids is 1. The number of anilines is 2. The second kappa shape index (κ2) is 11.1. The quantitative estimate of drug-likeness (QED) is 0.373. The number of likely N-dealkylation sites (N-methyl/N-ethyl adjacent to an activating group) is 1. The van der Waals surface area contributed by atoms with Gasteiger partial charge in [-0.1, -0.05) is 35.9 Å². The van der Waals surface area contributed by atoms with Crippen LogP contribution in [0.3, 0.4) is 0 Å². The summed E-state index contributed by atoms with van der Waals surface area (Å²) in [6.07, 6.45) is 1.49. The number of halogens is 1. The Morgan fingerprint density at radius 1 is 0.974 bits per heavy atom. The molecule has 1 saturated heterocycles. The Bertz CT molecular complexity index is 1510. The molecule has 1 aliphatic heterocycles. The van der Waals surface area contributed by atoms with E-state index >= 15 is 0 Å². The predicted molar refractivity (Wildman–Crippen MR) is 149 cm³/mol. The summed E-state index contributed by atoms with van der Waals surface area (Å²) in [5, 5.41) is 7.91. The summed E-state index contributed by atoms with van der Waals surface area (Å²) in [5.41, 5.74) is 2.47. The largest absolute Gasteiger partial charge is 0.453 e. The van der Waals surface area contributed by atoms with Crippen LogP contribution in [0.2, 0.25) is 5.02 Å². The van der Waals surface area contributed by atoms with Crippen LogP contribution < -0.4 is 15.6 Å². The minimum absolute atomic E-state index is 0.00175. The summed E-state index contributed by atoms with van der Waals surface area (Å²) in [7, 11) is 2.05. The standard InChI is InChI=1S/C29H28ClN5O3/c1-20-6-5-7-23(18-20)38-26-19-31-35(25-9-4-3-8-24(25)30)29(37)27(26)32-22-12-10-21(11-13-22)28(36)34-16-14-33(2)15-17-34/h3-13,18-19,32H,14-17H2,1-2H3. The van der Waals surface area contributed by atoms with Crippen LogP contribution in [-0.4, -0.2) is 58.7 Å². The number of carbonyl (C=O) groups is 1. The van der Waals surface area contributed by atoms with E-state index in [1.165, 1.54) is 10.9 Å². The number of piperazine rings is 1. The minimum Gasteiger partial charge on any atom is -0.453 e. The molecule has 38 heavy (non-hydrogen) atoms. The van der Waals surface area contributed by atoms with E-state index in [1.54, 1.807) is 48.5 Å². The number of nitrogens with one attached hydrogen (secondary N) is 1. The maximum atomic E-state index is 13.6. The maximum Gasteiger partial charge on any atom is 0.299 e. The van der Waals surface area contributed by atoms with Gasteiger partial charge in [-0.15, -0.1) is 0 Å². The molecule has 0 spiro atoms. The first-order valence-corrected chi connectivity index (χ1v) is 12.7. The third kappa shape index (κ3) is 5.56. The van der Waals surface area contributed by atoms with Crippen LogP contribution in [0.1, 0.15) is 15.9 Å². The fraction of sp³-hybridized carbons (Fsp3) is 0.207. The van der Waals surface area contributed by atoms with Crippen LogP contribution in [-0.2, 0) is 0 Å². The van der Waals surface area contributed by atoms with E-state index in [-0.39, 0.29) is 17.3 Å². The van der Waals surface area contributed by atoms with Gasteiger partial charge in [0.2, 0.25) is 0 Å². The van der Waals surface area contributed by atoms with E-state index in [0.717, 1.165) is 18.7 Å². The zero-order chi connectivity index (χ0) is 26.6. The normalized spacial score (nSPS) is 13.8. The SMILES string of the molecule is Cc1cccc(Oc2cnn(-c3ccccc3Cl)c(=O)c2Nc2ccc(C(=O)N3CCN(C)CC3)cc2)c1. The lowest BCUT2D eigenvalue weighted by atomic mass is 10.1. The van der Waals surface area contributed by atoms with Crippen molar-refractivity contribution in [1.29, 1.82) is 0 Å². The first-order chi connectivity index (χ1) is 18.4. The number of ether oxygens (including phenoxy) is 1. The van der Waals surface area contributed by atoms with E-state index in [4.69, 9.17) is 16.3 Å². The summed E-state index contributed by atoms with van der Waals surface area (Å²) in [4.78, 5) is 30.7. The molecule has 0 radical (unpaired) electrons. The average molecular weight is 530 g/mol. The number of para-hydroxylation sites is 1. The number of amides is 1. The maximum absolute atomic E-state index is 13.6. The Kier molecular flexibility index (Phi) is 7.44. The third-order valence-corrected chi connectivity index (χ3v) is 6.75. The number of aryl methyl sites for hydroxylation is 1. The van der Waals surface area contributed by atoms with Gasteiger partial charge in [-0.25, -0.2) is 0 Å². The molecule has 9 heteroatoms. The topological polar surface area (TPSA) is 79.7 Å². The lowest BCUT2D eigenvalue weighted by molar-refractivity contribution is 0.0664. The molecule has 0 unspecified atom stereocenters. The van der Waals surface area contributed by atoms with Crippen LogP contribution in [0, 0.1) is 6.92 Å². The van der Waals surface area contributed by atoms with Gasteiger partial charge >= 0.3 is 0 Å². The van der Waals surface area contributed by atoms with Crippen LogP contribution >= 0.6 is 11.6 Å². The predicted octanol–water partition coefficient (Wildman–Crippen LogP) is 5.12. The monoisotopic (exact) mass is 529 g/mol. The summed E-state index contributed by atoms with van der Waals surface area (Å²) < 4.78 is 7.31. The molecule has 3 aromatic carbocycles. The van der Waals surface area contributed by atoms with Crippen LogP contribution in [0.5, 0.6) is 11.5 Å². The third-order valence-electron chi connectivity index (χ3n) is 6.43. The molecule has 4 aromatic rings. The van der Waals surface area contributed by atoms with Crippen molar-refractivity contribution in [2.75, 3.05) is 38.5 Å².